The maximum atomic E-state index is 12.7. The van der Waals surface area contributed by atoms with Crippen LogP contribution in [0.4, 0.5) is 0 Å². The van der Waals surface area contributed by atoms with E-state index in [4.69, 9.17) is 14.2 Å². The first-order valence-electron chi connectivity index (χ1n) is 24.1. The highest BCUT2D eigenvalue weighted by Crippen LogP contribution is 2.13. The average Bonchev–Trinajstić information content (AvgIpc) is 3.22. The van der Waals surface area contributed by atoms with Crippen molar-refractivity contribution in [3.63, 3.8) is 0 Å². The van der Waals surface area contributed by atoms with Crippen LogP contribution in [0.2, 0.25) is 0 Å². The van der Waals surface area contributed by atoms with Crippen molar-refractivity contribution >= 4 is 11.9 Å². The van der Waals surface area contributed by atoms with Crippen molar-refractivity contribution in [1.29, 1.82) is 0 Å². The fourth-order valence-corrected chi connectivity index (χ4v) is 6.37. The Labute approximate surface area is 359 Å². The molecule has 0 aromatic carbocycles. The first-order valence-corrected chi connectivity index (χ1v) is 24.1. The van der Waals surface area contributed by atoms with Crippen LogP contribution in [0, 0.1) is 0 Å². The van der Waals surface area contributed by atoms with E-state index in [2.05, 4.69) is 106 Å². The van der Waals surface area contributed by atoms with Crippen molar-refractivity contribution in [2.45, 2.75) is 219 Å². The monoisotopic (exact) mass is 807 g/mol. The summed E-state index contributed by atoms with van der Waals surface area (Å²) >= 11 is 0. The molecule has 0 aliphatic rings. The fourth-order valence-electron chi connectivity index (χ4n) is 6.37. The lowest BCUT2D eigenvalue weighted by Gasteiger charge is -2.18. The molecule has 0 saturated heterocycles. The second kappa shape index (κ2) is 48.4. The highest BCUT2D eigenvalue weighted by atomic mass is 16.6. The summed E-state index contributed by atoms with van der Waals surface area (Å²) in [6.07, 6.45) is 63.2. The molecule has 0 fully saturated rings. The number of hydrogen-bond acceptors (Lipinski definition) is 5. The Morgan fingerprint density at radius 2 is 0.776 bits per heavy atom. The van der Waals surface area contributed by atoms with Gasteiger partial charge in [0, 0.05) is 12.8 Å². The number of allylic oxidation sites excluding steroid dienone is 13. The molecular weight excluding hydrogens is 717 g/mol. The molecule has 0 spiro atoms. The Hall–Kier alpha value is -2.92. The van der Waals surface area contributed by atoms with Crippen LogP contribution in [0.15, 0.2) is 85.1 Å². The minimum absolute atomic E-state index is 0.0464. The number of carbonyl (C=O) groups is 2. The molecule has 1 unspecified atom stereocenters. The van der Waals surface area contributed by atoms with Crippen molar-refractivity contribution in [2.24, 2.45) is 0 Å². The lowest BCUT2D eigenvalue weighted by molar-refractivity contribution is -0.162. The minimum Gasteiger partial charge on any atom is -0.462 e. The third-order valence-electron chi connectivity index (χ3n) is 9.93. The quantitative estimate of drug-likeness (QED) is 0.0349. The standard InChI is InChI=1S/C53H90O5/c1-4-7-10-13-16-19-22-24-26-28-30-33-36-39-42-45-48-56-49-51(58-53(55)47-44-41-38-35-31-21-18-15-12-9-6-3)50-57-52(54)46-43-40-37-34-32-29-27-25-23-20-17-14-11-8-5-2/h7,10,16-17,19-20,24-27,30,33,39,42,51H,4-6,8-9,11-15,18,21-23,28-29,31-32,34-38,40-41,43-50H2,1-3H3/b10-7-,19-16-,20-17-,26-24-,27-25-,33-30-,42-39-. The molecule has 5 heteroatoms. The van der Waals surface area contributed by atoms with Gasteiger partial charge in [0.25, 0.3) is 0 Å². The maximum absolute atomic E-state index is 12.7. The molecule has 5 nitrogen and oxygen atoms in total. The number of rotatable bonds is 43. The normalized spacial score (nSPS) is 12.9. The first-order chi connectivity index (χ1) is 28.6. The van der Waals surface area contributed by atoms with Gasteiger partial charge < -0.3 is 14.2 Å². The summed E-state index contributed by atoms with van der Waals surface area (Å²) in [7, 11) is 0. The van der Waals surface area contributed by atoms with Gasteiger partial charge in [0.05, 0.1) is 13.2 Å². The second-order valence-electron chi connectivity index (χ2n) is 15.6. The van der Waals surface area contributed by atoms with Gasteiger partial charge in [-0.1, -0.05) is 202 Å². The van der Waals surface area contributed by atoms with Crippen molar-refractivity contribution < 1.29 is 23.8 Å². The zero-order valence-corrected chi connectivity index (χ0v) is 38.0. The van der Waals surface area contributed by atoms with Gasteiger partial charge in [-0.25, -0.2) is 0 Å². The zero-order chi connectivity index (χ0) is 42.1. The van der Waals surface area contributed by atoms with Gasteiger partial charge in [-0.05, 0) is 83.5 Å². The molecule has 0 rings (SSSR count). The molecule has 1 atom stereocenters. The number of carbonyl (C=O) groups excluding carboxylic acids is 2. The number of hydrogen-bond donors (Lipinski definition) is 0. The van der Waals surface area contributed by atoms with E-state index in [1.54, 1.807) is 0 Å². The molecule has 332 valence electrons. The number of unbranched alkanes of at least 4 members (excludes halogenated alkanes) is 18. The summed E-state index contributed by atoms with van der Waals surface area (Å²) in [6, 6.07) is 0. The number of esters is 2. The van der Waals surface area contributed by atoms with Crippen LogP contribution in [0.3, 0.4) is 0 Å². The van der Waals surface area contributed by atoms with E-state index in [9.17, 15) is 9.59 Å². The van der Waals surface area contributed by atoms with Gasteiger partial charge in [-0.15, -0.1) is 0 Å². The summed E-state index contributed by atoms with van der Waals surface area (Å²) in [5.41, 5.74) is 0. The largest absolute Gasteiger partial charge is 0.462 e. The molecule has 0 N–H and O–H groups in total. The molecule has 58 heavy (non-hydrogen) atoms. The van der Waals surface area contributed by atoms with Crippen LogP contribution in [0.25, 0.3) is 0 Å². The van der Waals surface area contributed by atoms with E-state index in [0.717, 1.165) is 89.9 Å². The molecule has 0 heterocycles. The third kappa shape index (κ3) is 45.8. The second-order valence-corrected chi connectivity index (χ2v) is 15.6. The molecule has 0 radical (unpaired) electrons. The van der Waals surface area contributed by atoms with Gasteiger partial charge in [0.2, 0.25) is 0 Å². The average molecular weight is 807 g/mol. The lowest BCUT2D eigenvalue weighted by Crippen LogP contribution is -2.30. The Morgan fingerprint density at radius 1 is 0.397 bits per heavy atom. The molecule has 0 saturated carbocycles. The van der Waals surface area contributed by atoms with E-state index < -0.39 is 6.10 Å². The van der Waals surface area contributed by atoms with Crippen molar-refractivity contribution in [3.05, 3.63) is 85.1 Å². The maximum Gasteiger partial charge on any atom is 0.306 e. The summed E-state index contributed by atoms with van der Waals surface area (Å²) in [5.74, 6) is -0.456. The van der Waals surface area contributed by atoms with Gasteiger partial charge in [-0.2, -0.15) is 0 Å². The van der Waals surface area contributed by atoms with E-state index in [1.807, 2.05) is 0 Å². The SMILES string of the molecule is CC/C=C\C/C=C\C/C=C\C/C=C\C/C=C\CCOCC(COC(=O)CCCCCCC/C=C\C/C=C\CCCCC)OC(=O)CCCCCCCCCCCCC. The van der Waals surface area contributed by atoms with Gasteiger partial charge >= 0.3 is 11.9 Å². The van der Waals surface area contributed by atoms with Crippen LogP contribution < -0.4 is 0 Å². The molecule has 0 bridgehead atoms. The smallest absolute Gasteiger partial charge is 0.306 e. The predicted octanol–water partition coefficient (Wildman–Crippen LogP) is 16.1. The molecule has 0 aliphatic heterocycles. The summed E-state index contributed by atoms with van der Waals surface area (Å²) in [5, 5.41) is 0. The van der Waals surface area contributed by atoms with Crippen LogP contribution in [0.1, 0.15) is 213 Å². The van der Waals surface area contributed by atoms with E-state index in [1.165, 1.54) is 89.9 Å². The minimum atomic E-state index is -0.581. The fraction of sp³-hybridized carbons (Fsp3) is 0.698. The van der Waals surface area contributed by atoms with Gasteiger partial charge in [0.15, 0.2) is 6.10 Å². The van der Waals surface area contributed by atoms with Gasteiger partial charge in [-0.3, -0.25) is 9.59 Å². The summed E-state index contributed by atoms with van der Waals surface area (Å²) < 4.78 is 17.2. The molecule has 0 aromatic heterocycles. The van der Waals surface area contributed by atoms with Crippen molar-refractivity contribution in [3.8, 4) is 0 Å². The highest BCUT2D eigenvalue weighted by molar-refractivity contribution is 5.70. The Morgan fingerprint density at radius 3 is 1.28 bits per heavy atom. The Balaban J connectivity index is 4.39. The van der Waals surface area contributed by atoms with Crippen LogP contribution >= 0.6 is 0 Å². The van der Waals surface area contributed by atoms with Gasteiger partial charge in [0.1, 0.15) is 6.61 Å². The Kier molecular flexibility index (Phi) is 46.0. The first kappa shape index (κ1) is 55.1. The van der Waals surface area contributed by atoms with Crippen LogP contribution in [-0.4, -0.2) is 37.9 Å². The Bertz CT molecular complexity index is 1090. The van der Waals surface area contributed by atoms with E-state index in [0.29, 0.717) is 19.4 Å². The van der Waals surface area contributed by atoms with Crippen molar-refractivity contribution in [1.82, 2.24) is 0 Å². The zero-order valence-electron chi connectivity index (χ0n) is 38.0. The molecular formula is C53H90O5. The van der Waals surface area contributed by atoms with Crippen LogP contribution in [-0.2, 0) is 23.8 Å². The number of ether oxygens (including phenoxy) is 3. The molecule has 0 aromatic rings. The third-order valence-corrected chi connectivity index (χ3v) is 9.93. The molecule has 0 amide bonds. The highest BCUT2D eigenvalue weighted by Gasteiger charge is 2.17. The van der Waals surface area contributed by atoms with Crippen LogP contribution in [0.5, 0.6) is 0 Å². The molecule has 0 aliphatic carbocycles. The summed E-state index contributed by atoms with van der Waals surface area (Å²) in [6.45, 7) is 7.45. The van der Waals surface area contributed by atoms with Crippen molar-refractivity contribution in [2.75, 3.05) is 19.8 Å². The summed E-state index contributed by atoms with van der Waals surface area (Å²) in [4.78, 5) is 25.3. The predicted molar refractivity (Wildman–Crippen MR) is 251 cm³/mol. The van der Waals surface area contributed by atoms with E-state index >= 15 is 0 Å². The topological polar surface area (TPSA) is 61.8 Å². The van der Waals surface area contributed by atoms with E-state index in [-0.39, 0.29) is 25.2 Å². The lowest BCUT2D eigenvalue weighted by atomic mass is 10.1.